The molecule has 2 bridgehead atoms. The van der Waals surface area contributed by atoms with Crippen LogP contribution in [0.15, 0.2) is 24.4 Å². The fourth-order valence-corrected chi connectivity index (χ4v) is 3.94. The number of piperidine rings is 3. The summed E-state index contributed by atoms with van der Waals surface area (Å²) in [5, 5.41) is 10.7. The van der Waals surface area contributed by atoms with E-state index in [1.807, 2.05) is 0 Å². The number of ether oxygens (including phenoxy) is 1. The van der Waals surface area contributed by atoms with E-state index >= 15 is 0 Å². The highest BCUT2D eigenvalue weighted by Crippen LogP contribution is 2.29. The van der Waals surface area contributed by atoms with Crippen molar-refractivity contribution in [1.82, 2.24) is 20.4 Å². The van der Waals surface area contributed by atoms with E-state index in [9.17, 15) is 4.39 Å². The molecule has 128 valence electrons. The highest BCUT2D eigenvalue weighted by molar-refractivity contribution is 5.64. The smallest absolute Gasteiger partial charge is 0.136 e. The molecular formula is C18H23FN4O. The van der Waals surface area contributed by atoms with E-state index in [1.54, 1.807) is 18.3 Å². The van der Waals surface area contributed by atoms with Gasteiger partial charge in [0.15, 0.2) is 0 Å². The molecule has 3 saturated heterocycles. The van der Waals surface area contributed by atoms with Crippen molar-refractivity contribution < 1.29 is 9.13 Å². The van der Waals surface area contributed by atoms with Crippen molar-refractivity contribution in [2.45, 2.75) is 25.4 Å². The number of aromatic amines is 1. The Hall–Kier alpha value is -1.92. The summed E-state index contributed by atoms with van der Waals surface area (Å²) in [6, 6.07) is 5.43. The maximum atomic E-state index is 14.3. The zero-order chi connectivity index (χ0) is 16.5. The summed E-state index contributed by atoms with van der Waals surface area (Å²) in [4.78, 5) is 2.52. The van der Waals surface area contributed by atoms with E-state index in [0.29, 0.717) is 23.9 Å². The maximum absolute atomic E-state index is 14.3. The van der Waals surface area contributed by atoms with Gasteiger partial charge in [0.2, 0.25) is 0 Å². The van der Waals surface area contributed by atoms with Gasteiger partial charge < -0.3 is 15.0 Å². The molecule has 0 spiro atoms. The van der Waals surface area contributed by atoms with Gasteiger partial charge in [-0.25, -0.2) is 4.39 Å². The average molecular weight is 330 g/mol. The Bertz CT molecular complexity index is 709. The second kappa shape index (κ2) is 6.53. The molecule has 1 aromatic carbocycles. The van der Waals surface area contributed by atoms with Gasteiger partial charge in [0.1, 0.15) is 11.6 Å². The molecule has 0 aliphatic carbocycles. The molecule has 4 heterocycles. The molecule has 2 N–H and O–H groups in total. The summed E-state index contributed by atoms with van der Waals surface area (Å²) >= 11 is 0. The number of nitrogens with one attached hydrogen (secondary N) is 2. The summed E-state index contributed by atoms with van der Waals surface area (Å²) in [6.45, 7) is 4.29. The van der Waals surface area contributed by atoms with Crippen LogP contribution < -0.4 is 10.1 Å². The molecular weight excluding hydrogens is 307 g/mol. The maximum Gasteiger partial charge on any atom is 0.136 e. The number of aromatic nitrogens is 2. The number of methoxy groups -OCH3 is 1. The predicted molar refractivity (Wildman–Crippen MR) is 90.3 cm³/mol. The molecule has 5 nitrogen and oxygen atoms in total. The van der Waals surface area contributed by atoms with Crippen molar-refractivity contribution in [3.8, 4) is 17.0 Å². The highest BCUT2D eigenvalue weighted by atomic mass is 19.1. The van der Waals surface area contributed by atoms with Gasteiger partial charge in [-0.2, -0.15) is 5.10 Å². The number of benzene rings is 1. The lowest BCUT2D eigenvalue weighted by molar-refractivity contribution is 0.0720. The third-order valence-electron chi connectivity index (χ3n) is 5.37. The fourth-order valence-electron chi connectivity index (χ4n) is 3.94. The Morgan fingerprint density at radius 3 is 2.88 bits per heavy atom. The SMILES string of the molecule is COc1ccc(-c2[nH]ncc2CNC2CN3CCC2CC3)c(F)c1. The monoisotopic (exact) mass is 330 g/mol. The van der Waals surface area contributed by atoms with Crippen molar-refractivity contribution >= 4 is 0 Å². The first-order chi connectivity index (χ1) is 11.7. The summed E-state index contributed by atoms with van der Waals surface area (Å²) in [7, 11) is 1.54. The summed E-state index contributed by atoms with van der Waals surface area (Å²) in [5.74, 6) is 0.980. The minimum atomic E-state index is -0.303. The summed E-state index contributed by atoms with van der Waals surface area (Å²) in [5.41, 5.74) is 2.26. The third-order valence-corrected chi connectivity index (χ3v) is 5.37. The van der Waals surface area contributed by atoms with Gasteiger partial charge in [-0.1, -0.05) is 0 Å². The van der Waals surface area contributed by atoms with E-state index in [0.717, 1.165) is 23.7 Å². The lowest BCUT2D eigenvalue weighted by Gasteiger charge is -2.45. The normalized spacial score (nSPS) is 25.8. The quantitative estimate of drug-likeness (QED) is 0.884. The zero-order valence-corrected chi connectivity index (χ0v) is 13.9. The molecule has 3 aliphatic heterocycles. The van der Waals surface area contributed by atoms with E-state index < -0.39 is 0 Å². The fraction of sp³-hybridized carbons (Fsp3) is 0.500. The van der Waals surface area contributed by atoms with Gasteiger partial charge in [-0.15, -0.1) is 0 Å². The molecule has 3 aliphatic rings. The van der Waals surface area contributed by atoms with Crippen LogP contribution in [0.2, 0.25) is 0 Å². The first-order valence-electron chi connectivity index (χ1n) is 8.56. The van der Waals surface area contributed by atoms with Gasteiger partial charge in [-0.3, -0.25) is 5.10 Å². The average Bonchev–Trinajstić information content (AvgIpc) is 3.09. The molecule has 3 fully saturated rings. The Morgan fingerprint density at radius 2 is 2.21 bits per heavy atom. The first-order valence-corrected chi connectivity index (χ1v) is 8.56. The van der Waals surface area contributed by atoms with Crippen LogP contribution in [-0.4, -0.2) is 47.9 Å². The van der Waals surface area contributed by atoms with Crippen LogP contribution in [-0.2, 0) is 6.54 Å². The number of halogens is 1. The molecule has 6 heteroatoms. The second-order valence-corrected chi connectivity index (χ2v) is 6.74. The number of hydrogen-bond acceptors (Lipinski definition) is 4. The van der Waals surface area contributed by atoms with Crippen molar-refractivity contribution in [2.24, 2.45) is 5.92 Å². The second-order valence-electron chi connectivity index (χ2n) is 6.74. The zero-order valence-electron chi connectivity index (χ0n) is 13.9. The molecule has 0 amide bonds. The molecule has 0 radical (unpaired) electrons. The van der Waals surface area contributed by atoms with E-state index in [1.165, 1.54) is 39.1 Å². The Labute approximate surface area is 141 Å². The van der Waals surface area contributed by atoms with Gasteiger partial charge >= 0.3 is 0 Å². The van der Waals surface area contributed by atoms with Crippen LogP contribution in [0.5, 0.6) is 5.75 Å². The number of nitrogens with zero attached hydrogens (tertiary/aromatic N) is 2. The van der Waals surface area contributed by atoms with Crippen LogP contribution in [0.25, 0.3) is 11.3 Å². The molecule has 1 unspecified atom stereocenters. The molecule has 1 atom stereocenters. The van der Waals surface area contributed by atoms with Gasteiger partial charge in [0, 0.05) is 36.3 Å². The molecule has 5 rings (SSSR count). The Morgan fingerprint density at radius 1 is 1.38 bits per heavy atom. The number of rotatable bonds is 5. The first kappa shape index (κ1) is 15.6. The van der Waals surface area contributed by atoms with Crippen molar-refractivity contribution in [3.05, 3.63) is 35.8 Å². The van der Waals surface area contributed by atoms with E-state index in [2.05, 4.69) is 20.4 Å². The predicted octanol–water partition coefficient (Wildman–Crippen LogP) is 2.41. The van der Waals surface area contributed by atoms with Gasteiger partial charge in [-0.05, 0) is 44.0 Å². The Kier molecular flexibility index (Phi) is 4.24. The van der Waals surface area contributed by atoms with E-state index in [4.69, 9.17) is 4.74 Å². The lowest BCUT2D eigenvalue weighted by Crippen LogP contribution is -2.55. The van der Waals surface area contributed by atoms with E-state index in [-0.39, 0.29) is 5.82 Å². The summed E-state index contributed by atoms with van der Waals surface area (Å²) < 4.78 is 19.4. The van der Waals surface area contributed by atoms with Crippen molar-refractivity contribution in [3.63, 3.8) is 0 Å². The molecule has 0 saturated carbocycles. The number of hydrogen-bond donors (Lipinski definition) is 2. The topological polar surface area (TPSA) is 53.2 Å². The largest absolute Gasteiger partial charge is 0.497 e. The number of fused-ring (bicyclic) bond motifs is 3. The molecule has 2 aromatic rings. The number of H-pyrrole nitrogens is 1. The van der Waals surface area contributed by atoms with Crippen LogP contribution in [0, 0.1) is 11.7 Å². The summed E-state index contributed by atoms with van der Waals surface area (Å²) in [6.07, 6.45) is 4.35. The highest BCUT2D eigenvalue weighted by Gasteiger charge is 2.33. The lowest BCUT2D eigenvalue weighted by atomic mass is 9.84. The van der Waals surface area contributed by atoms with Crippen molar-refractivity contribution in [2.75, 3.05) is 26.7 Å². The van der Waals surface area contributed by atoms with Crippen LogP contribution in [0.3, 0.4) is 0 Å². The molecule has 1 aromatic heterocycles. The Balaban J connectivity index is 1.49. The van der Waals surface area contributed by atoms with Crippen LogP contribution >= 0.6 is 0 Å². The third kappa shape index (κ3) is 2.91. The van der Waals surface area contributed by atoms with Crippen molar-refractivity contribution in [1.29, 1.82) is 0 Å². The van der Waals surface area contributed by atoms with Crippen LogP contribution in [0.1, 0.15) is 18.4 Å². The minimum Gasteiger partial charge on any atom is -0.497 e. The minimum absolute atomic E-state index is 0.303. The molecule has 24 heavy (non-hydrogen) atoms. The van der Waals surface area contributed by atoms with Gasteiger partial charge in [0.05, 0.1) is 19.0 Å². The standard InChI is InChI=1S/C18H23FN4O/c1-24-14-2-3-15(16(19)8-14)18-13(10-21-22-18)9-20-17-11-23-6-4-12(17)5-7-23/h2-3,8,10,12,17,20H,4-7,9,11H2,1H3,(H,21,22). The van der Waals surface area contributed by atoms with Crippen LogP contribution in [0.4, 0.5) is 4.39 Å². The van der Waals surface area contributed by atoms with Gasteiger partial charge in [0.25, 0.3) is 0 Å².